The molecule has 4 heteroatoms. The van der Waals surface area contributed by atoms with E-state index in [0.717, 1.165) is 31.4 Å². The van der Waals surface area contributed by atoms with Crippen LogP contribution in [0.15, 0.2) is 24.3 Å². The van der Waals surface area contributed by atoms with Crippen LogP contribution in [-0.4, -0.2) is 29.9 Å². The van der Waals surface area contributed by atoms with Gasteiger partial charge in [-0.1, -0.05) is 31.4 Å². The second kappa shape index (κ2) is 8.13. The van der Waals surface area contributed by atoms with Crippen molar-refractivity contribution in [2.24, 2.45) is 5.73 Å². The van der Waals surface area contributed by atoms with Crippen molar-refractivity contribution in [2.75, 3.05) is 13.1 Å². The number of carbonyl (C=O) groups is 1. The lowest BCUT2D eigenvalue weighted by Gasteiger charge is -2.34. The lowest BCUT2D eigenvalue weighted by Crippen LogP contribution is -2.43. The molecule has 0 atom stereocenters. The van der Waals surface area contributed by atoms with Gasteiger partial charge in [0.05, 0.1) is 6.42 Å². The standard InChI is InChI=1S/C17H25FN2O/c18-15-9-7-14(8-10-15)13-17(21)20(12-4-11-19)16-5-2-1-3-6-16/h7-10,16H,1-6,11-13,19H2. The summed E-state index contributed by atoms with van der Waals surface area (Å²) in [6.45, 7) is 1.34. The topological polar surface area (TPSA) is 46.3 Å². The predicted molar refractivity (Wildman–Crippen MR) is 82.4 cm³/mol. The minimum atomic E-state index is -0.265. The molecule has 2 N–H and O–H groups in total. The van der Waals surface area contributed by atoms with E-state index in [1.807, 2.05) is 4.90 Å². The number of rotatable bonds is 6. The van der Waals surface area contributed by atoms with E-state index in [9.17, 15) is 9.18 Å². The number of carbonyl (C=O) groups excluding carboxylic acids is 1. The molecule has 0 unspecified atom stereocenters. The fourth-order valence-corrected chi connectivity index (χ4v) is 3.04. The van der Waals surface area contributed by atoms with Gasteiger partial charge in [0.25, 0.3) is 0 Å². The molecule has 3 nitrogen and oxygen atoms in total. The average Bonchev–Trinajstić information content (AvgIpc) is 2.51. The summed E-state index contributed by atoms with van der Waals surface area (Å²) in [6, 6.07) is 6.56. The molecule has 0 bridgehead atoms. The molecule has 1 aromatic carbocycles. The van der Waals surface area contributed by atoms with Gasteiger partial charge in [0, 0.05) is 12.6 Å². The number of amides is 1. The van der Waals surface area contributed by atoms with Crippen molar-refractivity contribution >= 4 is 5.91 Å². The summed E-state index contributed by atoms with van der Waals surface area (Å²) >= 11 is 0. The van der Waals surface area contributed by atoms with Crippen LogP contribution in [0.5, 0.6) is 0 Å². The molecule has 1 fully saturated rings. The minimum absolute atomic E-state index is 0.141. The van der Waals surface area contributed by atoms with E-state index in [1.165, 1.54) is 31.4 Å². The lowest BCUT2D eigenvalue weighted by atomic mass is 9.93. The van der Waals surface area contributed by atoms with Crippen LogP contribution in [0.2, 0.25) is 0 Å². The van der Waals surface area contributed by atoms with Crippen molar-refractivity contribution in [3.63, 3.8) is 0 Å². The number of hydrogen-bond donors (Lipinski definition) is 1. The Kier molecular flexibility index (Phi) is 6.18. The first-order valence-electron chi connectivity index (χ1n) is 7.94. The largest absolute Gasteiger partial charge is 0.339 e. The molecule has 2 rings (SSSR count). The van der Waals surface area contributed by atoms with E-state index >= 15 is 0 Å². The van der Waals surface area contributed by atoms with Crippen LogP contribution in [0.25, 0.3) is 0 Å². The van der Waals surface area contributed by atoms with E-state index in [0.29, 0.717) is 19.0 Å². The predicted octanol–water partition coefficient (Wildman–Crippen LogP) is 2.88. The van der Waals surface area contributed by atoms with Gasteiger partial charge in [0.2, 0.25) is 5.91 Å². The molecule has 1 amide bonds. The first kappa shape index (κ1) is 16.0. The Balaban J connectivity index is 2.00. The van der Waals surface area contributed by atoms with Crippen molar-refractivity contribution in [3.8, 4) is 0 Å². The van der Waals surface area contributed by atoms with E-state index in [2.05, 4.69) is 0 Å². The zero-order valence-electron chi connectivity index (χ0n) is 12.6. The smallest absolute Gasteiger partial charge is 0.227 e. The highest BCUT2D eigenvalue weighted by Gasteiger charge is 2.24. The summed E-state index contributed by atoms with van der Waals surface area (Å²) in [6.07, 6.45) is 7.06. The average molecular weight is 292 g/mol. The maximum Gasteiger partial charge on any atom is 0.227 e. The first-order valence-corrected chi connectivity index (χ1v) is 7.94. The van der Waals surface area contributed by atoms with Crippen molar-refractivity contribution in [3.05, 3.63) is 35.6 Å². The highest BCUT2D eigenvalue weighted by atomic mass is 19.1. The Hall–Kier alpha value is -1.42. The highest BCUT2D eigenvalue weighted by molar-refractivity contribution is 5.79. The fourth-order valence-electron chi connectivity index (χ4n) is 3.04. The van der Waals surface area contributed by atoms with Crippen LogP contribution >= 0.6 is 0 Å². The second-order valence-electron chi connectivity index (χ2n) is 5.82. The Morgan fingerprint density at radius 3 is 2.48 bits per heavy atom. The molecule has 116 valence electrons. The van der Waals surface area contributed by atoms with Crippen molar-refractivity contribution < 1.29 is 9.18 Å². The van der Waals surface area contributed by atoms with Crippen molar-refractivity contribution in [2.45, 2.75) is 51.0 Å². The summed E-state index contributed by atoms with van der Waals surface area (Å²) in [4.78, 5) is 14.6. The van der Waals surface area contributed by atoms with Crippen molar-refractivity contribution in [1.29, 1.82) is 0 Å². The van der Waals surface area contributed by atoms with Gasteiger partial charge >= 0.3 is 0 Å². The fraction of sp³-hybridized carbons (Fsp3) is 0.588. The molecular weight excluding hydrogens is 267 g/mol. The number of benzene rings is 1. The van der Waals surface area contributed by atoms with Crippen LogP contribution < -0.4 is 5.73 Å². The van der Waals surface area contributed by atoms with Gasteiger partial charge in [-0.25, -0.2) is 4.39 Å². The highest BCUT2D eigenvalue weighted by Crippen LogP contribution is 2.23. The lowest BCUT2D eigenvalue weighted by molar-refractivity contribution is -0.133. The van der Waals surface area contributed by atoms with Crippen LogP contribution in [0, 0.1) is 5.82 Å². The third-order valence-electron chi connectivity index (χ3n) is 4.21. The Bertz CT molecular complexity index is 441. The molecule has 1 aliphatic rings. The zero-order valence-corrected chi connectivity index (χ0v) is 12.6. The maximum absolute atomic E-state index is 12.9. The van der Waals surface area contributed by atoms with Gasteiger partial charge in [-0.2, -0.15) is 0 Å². The Morgan fingerprint density at radius 2 is 1.86 bits per heavy atom. The molecule has 1 aromatic rings. The number of nitrogens with zero attached hydrogens (tertiary/aromatic N) is 1. The van der Waals surface area contributed by atoms with Crippen molar-refractivity contribution in [1.82, 2.24) is 4.90 Å². The SMILES string of the molecule is NCCCN(C(=O)Cc1ccc(F)cc1)C1CCCCC1. The summed E-state index contributed by atoms with van der Waals surface area (Å²) in [5.41, 5.74) is 6.47. The third kappa shape index (κ3) is 4.81. The van der Waals surface area contributed by atoms with Gasteiger partial charge in [0.15, 0.2) is 0 Å². The normalized spacial score (nSPS) is 15.9. The van der Waals surface area contributed by atoms with E-state index in [4.69, 9.17) is 5.73 Å². The summed E-state index contributed by atoms with van der Waals surface area (Å²) in [5.74, 6) is -0.125. The van der Waals surface area contributed by atoms with Crippen LogP contribution in [0.3, 0.4) is 0 Å². The van der Waals surface area contributed by atoms with E-state index in [1.54, 1.807) is 12.1 Å². The molecule has 0 heterocycles. The monoisotopic (exact) mass is 292 g/mol. The molecule has 1 saturated carbocycles. The van der Waals surface area contributed by atoms with Gasteiger partial charge in [-0.3, -0.25) is 4.79 Å². The van der Waals surface area contributed by atoms with Crippen LogP contribution in [0.4, 0.5) is 4.39 Å². The molecule has 0 aromatic heterocycles. The summed E-state index contributed by atoms with van der Waals surface area (Å²) in [7, 11) is 0. The molecule has 21 heavy (non-hydrogen) atoms. The Labute approximate surface area is 126 Å². The van der Waals surface area contributed by atoms with Gasteiger partial charge in [0.1, 0.15) is 5.82 Å². The van der Waals surface area contributed by atoms with Crippen LogP contribution in [0.1, 0.15) is 44.1 Å². The minimum Gasteiger partial charge on any atom is -0.339 e. The number of hydrogen-bond acceptors (Lipinski definition) is 2. The van der Waals surface area contributed by atoms with Gasteiger partial charge < -0.3 is 10.6 Å². The molecule has 0 aliphatic heterocycles. The molecular formula is C17H25FN2O. The van der Waals surface area contributed by atoms with E-state index < -0.39 is 0 Å². The molecule has 0 radical (unpaired) electrons. The molecule has 0 spiro atoms. The quantitative estimate of drug-likeness (QED) is 0.876. The van der Waals surface area contributed by atoms with Gasteiger partial charge in [-0.05, 0) is 43.5 Å². The second-order valence-corrected chi connectivity index (χ2v) is 5.82. The Morgan fingerprint density at radius 1 is 1.19 bits per heavy atom. The zero-order chi connectivity index (χ0) is 15.1. The van der Waals surface area contributed by atoms with E-state index in [-0.39, 0.29) is 11.7 Å². The number of halogens is 1. The van der Waals surface area contributed by atoms with Crippen LogP contribution in [-0.2, 0) is 11.2 Å². The maximum atomic E-state index is 12.9. The number of nitrogens with two attached hydrogens (primary N) is 1. The van der Waals surface area contributed by atoms with Gasteiger partial charge in [-0.15, -0.1) is 0 Å². The molecule has 1 aliphatic carbocycles. The third-order valence-corrected chi connectivity index (χ3v) is 4.21. The summed E-state index contributed by atoms with van der Waals surface area (Å²) < 4.78 is 12.9. The first-order chi connectivity index (χ1) is 10.2. The molecule has 0 saturated heterocycles. The summed E-state index contributed by atoms with van der Waals surface area (Å²) in [5, 5.41) is 0.